The maximum atomic E-state index is 11.9. The Kier molecular flexibility index (Phi) is 3.85. The molecule has 1 N–H and O–H groups in total. The molecule has 1 heterocycles. The number of carbonyl (C=O) groups excluding carboxylic acids is 1. The van der Waals surface area contributed by atoms with Gasteiger partial charge in [0.25, 0.3) is 0 Å². The molecule has 0 fully saturated rings. The summed E-state index contributed by atoms with van der Waals surface area (Å²) in [5.41, 5.74) is 1.61. The first kappa shape index (κ1) is 13.1. The van der Waals surface area contributed by atoms with Crippen LogP contribution in [-0.4, -0.2) is 35.2 Å². The molecule has 2 rings (SSSR count). The Bertz CT molecular complexity index is 512. The largest absolute Gasteiger partial charge is 0.479 e. The Balaban J connectivity index is 2.29. The van der Waals surface area contributed by atoms with E-state index in [0.717, 1.165) is 5.56 Å². The zero-order chi connectivity index (χ0) is 13.8. The quantitative estimate of drug-likeness (QED) is 0.845. The number of amides is 1. The molecule has 19 heavy (non-hydrogen) atoms. The highest BCUT2D eigenvalue weighted by Crippen LogP contribution is 2.30. The Morgan fingerprint density at radius 3 is 2.89 bits per heavy atom. The number of nitrogens with zero attached hydrogens (tertiary/aromatic N) is 1. The highest BCUT2D eigenvalue weighted by atomic mass is 16.6. The van der Waals surface area contributed by atoms with E-state index in [4.69, 9.17) is 4.74 Å². The van der Waals surface area contributed by atoms with Gasteiger partial charge in [0.05, 0.1) is 0 Å². The van der Waals surface area contributed by atoms with Gasteiger partial charge in [0.1, 0.15) is 6.61 Å². The van der Waals surface area contributed by atoms with Crippen LogP contribution in [-0.2, 0) is 16.0 Å². The molecule has 0 saturated carbocycles. The van der Waals surface area contributed by atoms with Crippen molar-refractivity contribution in [2.45, 2.75) is 12.5 Å². The van der Waals surface area contributed by atoms with Crippen molar-refractivity contribution in [2.24, 2.45) is 0 Å². The van der Waals surface area contributed by atoms with Gasteiger partial charge in [-0.1, -0.05) is 36.9 Å². The number of carboxylic acids is 1. The number of ether oxygens (including phenoxy) is 1. The molecule has 1 amide bonds. The average molecular weight is 261 g/mol. The van der Waals surface area contributed by atoms with Crippen LogP contribution < -0.4 is 0 Å². The number of hydrogen-bond acceptors (Lipinski definition) is 3. The molecule has 1 unspecified atom stereocenters. The van der Waals surface area contributed by atoms with Crippen LogP contribution in [0.2, 0.25) is 0 Å². The highest BCUT2D eigenvalue weighted by molar-refractivity contribution is 5.82. The van der Waals surface area contributed by atoms with E-state index in [0.29, 0.717) is 18.5 Å². The van der Waals surface area contributed by atoms with E-state index < -0.39 is 18.1 Å². The van der Waals surface area contributed by atoms with Crippen LogP contribution in [0.1, 0.15) is 17.2 Å². The lowest BCUT2D eigenvalue weighted by Crippen LogP contribution is -2.43. The summed E-state index contributed by atoms with van der Waals surface area (Å²) in [6.07, 6.45) is 1.45. The predicted octanol–water partition coefficient (Wildman–Crippen LogP) is 1.99. The predicted molar refractivity (Wildman–Crippen MR) is 68.8 cm³/mol. The fraction of sp³-hybridized carbons (Fsp3) is 0.286. The number of aliphatic carboxylic acids is 1. The second kappa shape index (κ2) is 5.56. The van der Waals surface area contributed by atoms with E-state index in [9.17, 15) is 14.7 Å². The van der Waals surface area contributed by atoms with Crippen LogP contribution in [0, 0.1) is 0 Å². The molecule has 5 nitrogen and oxygen atoms in total. The first-order chi connectivity index (χ1) is 9.15. The molecular formula is C14H15NO4. The second-order valence-corrected chi connectivity index (χ2v) is 4.25. The van der Waals surface area contributed by atoms with Crippen molar-refractivity contribution in [3.8, 4) is 0 Å². The normalized spacial score (nSPS) is 17.5. The highest BCUT2D eigenvalue weighted by Gasteiger charge is 2.36. The fourth-order valence-corrected chi connectivity index (χ4v) is 2.24. The zero-order valence-corrected chi connectivity index (χ0v) is 10.4. The Morgan fingerprint density at radius 2 is 2.21 bits per heavy atom. The molecule has 0 spiro atoms. The lowest BCUT2D eigenvalue weighted by molar-refractivity contribution is -0.143. The third-order valence-electron chi connectivity index (χ3n) is 3.08. The summed E-state index contributed by atoms with van der Waals surface area (Å²) >= 11 is 0. The molecule has 1 atom stereocenters. The van der Waals surface area contributed by atoms with Crippen molar-refractivity contribution in [3.63, 3.8) is 0 Å². The fourth-order valence-electron chi connectivity index (χ4n) is 2.24. The van der Waals surface area contributed by atoms with E-state index >= 15 is 0 Å². The van der Waals surface area contributed by atoms with Gasteiger partial charge in [-0.3, -0.25) is 4.90 Å². The second-order valence-electron chi connectivity index (χ2n) is 4.25. The Labute approximate surface area is 111 Å². The molecule has 1 aromatic carbocycles. The molecule has 0 saturated heterocycles. The minimum atomic E-state index is -1.05. The molecule has 1 aliphatic rings. The van der Waals surface area contributed by atoms with Gasteiger partial charge in [0, 0.05) is 6.54 Å². The van der Waals surface area contributed by atoms with Crippen molar-refractivity contribution in [1.82, 2.24) is 4.90 Å². The summed E-state index contributed by atoms with van der Waals surface area (Å²) in [6.45, 7) is 3.87. The van der Waals surface area contributed by atoms with Crippen LogP contribution in [0.15, 0.2) is 36.9 Å². The van der Waals surface area contributed by atoms with Gasteiger partial charge >= 0.3 is 12.1 Å². The number of rotatable bonds is 3. The Hall–Kier alpha value is -2.30. The minimum absolute atomic E-state index is 0.0727. The first-order valence-corrected chi connectivity index (χ1v) is 6.00. The number of carboxylic acid groups (broad SMARTS) is 1. The van der Waals surface area contributed by atoms with Crippen LogP contribution in [0.3, 0.4) is 0 Å². The topological polar surface area (TPSA) is 66.8 Å². The van der Waals surface area contributed by atoms with Gasteiger partial charge < -0.3 is 9.84 Å². The van der Waals surface area contributed by atoms with Gasteiger partial charge in [-0.25, -0.2) is 9.59 Å². The van der Waals surface area contributed by atoms with Crippen LogP contribution in [0.4, 0.5) is 4.79 Å². The molecule has 1 aromatic rings. The summed E-state index contributed by atoms with van der Waals surface area (Å²) in [4.78, 5) is 24.6. The minimum Gasteiger partial charge on any atom is -0.479 e. The lowest BCUT2D eigenvalue weighted by Gasteiger charge is -2.33. The summed E-state index contributed by atoms with van der Waals surface area (Å²) in [5, 5.41) is 9.36. The van der Waals surface area contributed by atoms with Gasteiger partial charge in [0.15, 0.2) is 6.04 Å². The zero-order valence-electron chi connectivity index (χ0n) is 10.4. The van der Waals surface area contributed by atoms with Gasteiger partial charge in [-0.05, 0) is 17.5 Å². The third-order valence-corrected chi connectivity index (χ3v) is 3.08. The first-order valence-electron chi connectivity index (χ1n) is 6.00. The standard InChI is InChI=1S/C14H15NO4/c1-2-9-19-14(18)15-8-7-10-5-3-4-6-11(10)12(15)13(16)17/h2-6,12H,1,7-9H2,(H,16,17). The maximum absolute atomic E-state index is 11.9. The molecule has 5 heteroatoms. The van der Waals surface area contributed by atoms with Gasteiger partial charge in [0.2, 0.25) is 0 Å². The van der Waals surface area contributed by atoms with E-state index in [1.54, 1.807) is 12.1 Å². The number of benzene rings is 1. The molecule has 100 valence electrons. The summed E-state index contributed by atoms with van der Waals surface area (Å²) in [5.74, 6) is -1.05. The molecule has 0 bridgehead atoms. The smallest absolute Gasteiger partial charge is 0.411 e. The molecule has 0 aliphatic carbocycles. The third kappa shape index (κ3) is 2.59. The summed E-state index contributed by atoms with van der Waals surface area (Å²) in [7, 11) is 0. The van der Waals surface area contributed by atoms with E-state index in [2.05, 4.69) is 6.58 Å². The SMILES string of the molecule is C=CCOC(=O)N1CCc2ccccc2C1C(=O)O. The number of carbonyl (C=O) groups is 2. The maximum Gasteiger partial charge on any atom is 0.411 e. The van der Waals surface area contributed by atoms with Crippen LogP contribution >= 0.6 is 0 Å². The van der Waals surface area contributed by atoms with Crippen molar-refractivity contribution in [3.05, 3.63) is 48.0 Å². The molecule has 0 aromatic heterocycles. The van der Waals surface area contributed by atoms with Crippen molar-refractivity contribution in [2.75, 3.05) is 13.2 Å². The van der Waals surface area contributed by atoms with Crippen molar-refractivity contribution < 1.29 is 19.4 Å². The molecule has 0 radical (unpaired) electrons. The summed E-state index contributed by atoms with van der Waals surface area (Å²) in [6, 6.07) is 6.28. The summed E-state index contributed by atoms with van der Waals surface area (Å²) < 4.78 is 4.93. The van der Waals surface area contributed by atoms with E-state index in [1.165, 1.54) is 11.0 Å². The van der Waals surface area contributed by atoms with Crippen LogP contribution in [0.25, 0.3) is 0 Å². The van der Waals surface area contributed by atoms with Gasteiger partial charge in [-0.15, -0.1) is 0 Å². The monoisotopic (exact) mass is 261 g/mol. The average Bonchev–Trinajstić information content (AvgIpc) is 2.43. The number of fused-ring (bicyclic) bond motifs is 1. The van der Waals surface area contributed by atoms with E-state index in [-0.39, 0.29) is 6.61 Å². The lowest BCUT2D eigenvalue weighted by atomic mass is 9.93. The van der Waals surface area contributed by atoms with Crippen molar-refractivity contribution in [1.29, 1.82) is 0 Å². The molecule has 1 aliphatic heterocycles. The van der Waals surface area contributed by atoms with Crippen LogP contribution in [0.5, 0.6) is 0 Å². The van der Waals surface area contributed by atoms with E-state index in [1.807, 2.05) is 12.1 Å². The van der Waals surface area contributed by atoms with Gasteiger partial charge in [-0.2, -0.15) is 0 Å². The Morgan fingerprint density at radius 1 is 1.47 bits per heavy atom. The number of hydrogen-bond donors (Lipinski definition) is 1. The molecular weight excluding hydrogens is 246 g/mol. The van der Waals surface area contributed by atoms with Crippen molar-refractivity contribution >= 4 is 12.1 Å².